The lowest BCUT2D eigenvalue weighted by molar-refractivity contribution is 0.320. The van der Waals surface area contributed by atoms with E-state index in [0.717, 1.165) is 18.7 Å². The molecule has 0 atom stereocenters. The number of benzene rings is 1. The maximum atomic E-state index is 13.0. The Morgan fingerprint density at radius 2 is 2.31 bits per heavy atom. The molecular weight excluding hydrogens is 237 g/mol. The predicted molar refractivity (Wildman–Crippen MR) is 52.7 cm³/mol. The van der Waals surface area contributed by atoms with Crippen molar-refractivity contribution in [3.63, 3.8) is 0 Å². The predicted octanol–water partition coefficient (Wildman–Crippen LogP) is 2.78. The average Bonchev–Trinajstić information content (AvgIpc) is 2.28. The van der Waals surface area contributed by atoms with E-state index >= 15 is 0 Å². The Morgan fingerprint density at radius 1 is 1.46 bits per heavy atom. The molecule has 0 spiro atoms. The SMILES string of the molecule is Fc1cc(Br)c2c(c1)NCCCO2. The van der Waals surface area contributed by atoms with Crippen molar-refractivity contribution in [3.05, 3.63) is 22.4 Å². The van der Waals surface area contributed by atoms with Gasteiger partial charge in [-0.25, -0.2) is 4.39 Å². The summed E-state index contributed by atoms with van der Waals surface area (Å²) in [5, 5.41) is 3.11. The van der Waals surface area contributed by atoms with E-state index < -0.39 is 0 Å². The van der Waals surface area contributed by atoms with Gasteiger partial charge >= 0.3 is 0 Å². The summed E-state index contributed by atoms with van der Waals surface area (Å²) in [6.07, 6.45) is 0.933. The van der Waals surface area contributed by atoms with Crippen LogP contribution in [0.2, 0.25) is 0 Å². The zero-order valence-electron chi connectivity index (χ0n) is 6.94. The summed E-state index contributed by atoms with van der Waals surface area (Å²) in [5.41, 5.74) is 0.726. The number of anilines is 1. The van der Waals surface area contributed by atoms with Gasteiger partial charge in [-0.2, -0.15) is 0 Å². The summed E-state index contributed by atoms with van der Waals surface area (Å²) in [7, 11) is 0. The summed E-state index contributed by atoms with van der Waals surface area (Å²) in [6, 6.07) is 2.86. The van der Waals surface area contributed by atoms with Crippen molar-refractivity contribution in [2.45, 2.75) is 6.42 Å². The quantitative estimate of drug-likeness (QED) is 0.759. The highest BCUT2D eigenvalue weighted by Gasteiger charge is 2.13. The largest absolute Gasteiger partial charge is 0.490 e. The fourth-order valence-electron chi connectivity index (χ4n) is 1.31. The number of fused-ring (bicyclic) bond motifs is 1. The van der Waals surface area contributed by atoms with Gasteiger partial charge in [0.05, 0.1) is 16.8 Å². The molecule has 0 saturated carbocycles. The normalized spacial score (nSPS) is 15.2. The van der Waals surface area contributed by atoms with Crippen LogP contribution in [-0.4, -0.2) is 13.2 Å². The molecule has 1 N–H and O–H groups in total. The number of ether oxygens (including phenoxy) is 1. The van der Waals surface area contributed by atoms with Crippen molar-refractivity contribution in [2.24, 2.45) is 0 Å². The number of rotatable bonds is 0. The molecule has 70 valence electrons. The van der Waals surface area contributed by atoms with Crippen LogP contribution in [0.4, 0.5) is 10.1 Å². The van der Waals surface area contributed by atoms with Crippen LogP contribution in [0.1, 0.15) is 6.42 Å². The second-order valence-electron chi connectivity index (χ2n) is 2.89. The number of hydrogen-bond acceptors (Lipinski definition) is 2. The van der Waals surface area contributed by atoms with E-state index in [1.807, 2.05) is 0 Å². The van der Waals surface area contributed by atoms with Crippen LogP contribution in [0.5, 0.6) is 5.75 Å². The molecule has 13 heavy (non-hydrogen) atoms. The van der Waals surface area contributed by atoms with E-state index in [4.69, 9.17) is 4.74 Å². The van der Waals surface area contributed by atoms with Gasteiger partial charge in [0.15, 0.2) is 5.75 Å². The highest BCUT2D eigenvalue weighted by atomic mass is 79.9. The maximum Gasteiger partial charge on any atom is 0.156 e. The Morgan fingerprint density at radius 3 is 3.15 bits per heavy atom. The average molecular weight is 246 g/mol. The van der Waals surface area contributed by atoms with Crippen LogP contribution in [-0.2, 0) is 0 Å². The van der Waals surface area contributed by atoms with Crippen molar-refractivity contribution in [2.75, 3.05) is 18.5 Å². The van der Waals surface area contributed by atoms with Crippen LogP contribution < -0.4 is 10.1 Å². The van der Waals surface area contributed by atoms with Gasteiger partial charge in [0, 0.05) is 12.6 Å². The van der Waals surface area contributed by atoms with Gasteiger partial charge in [-0.3, -0.25) is 0 Å². The fourth-order valence-corrected chi connectivity index (χ4v) is 1.85. The monoisotopic (exact) mass is 245 g/mol. The molecule has 1 aliphatic rings. The van der Waals surface area contributed by atoms with E-state index in [0.29, 0.717) is 16.8 Å². The molecule has 0 bridgehead atoms. The van der Waals surface area contributed by atoms with Crippen molar-refractivity contribution in [1.29, 1.82) is 0 Å². The third kappa shape index (κ3) is 1.77. The third-order valence-corrected chi connectivity index (χ3v) is 2.48. The molecule has 2 rings (SSSR count). The van der Waals surface area contributed by atoms with Crippen LogP contribution in [0.3, 0.4) is 0 Å². The van der Waals surface area contributed by atoms with Gasteiger partial charge in [-0.1, -0.05) is 0 Å². The van der Waals surface area contributed by atoms with Gasteiger partial charge in [0.1, 0.15) is 5.82 Å². The zero-order valence-corrected chi connectivity index (χ0v) is 8.53. The first-order chi connectivity index (χ1) is 6.27. The second-order valence-corrected chi connectivity index (χ2v) is 3.75. The van der Waals surface area contributed by atoms with Gasteiger partial charge < -0.3 is 10.1 Å². The highest BCUT2D eigenvalue weighted by Crippen LogP contribution is 2.35. The summed E-state index contributed by atoms with van der Waals surface area (Å²) in [6.45, 7) is 1.49. The zero-order chi connectivity index (χ0) is 9.26. The molecular formula is C9H9BrFNO. The number of nitrogens with one attached hydrogen (secondary N) is 1. The first-order valence-electron chi connectivity index (χ1n) is 4.13. The third-order valence-electron chi connectivity index (χ3n) is 1.89. The summed E-state index contributed by atoms with van der Waals surface area (Å²) in [4.78, 5) is 0. The van der Waals surface area contributed by atoms with Crippen molar-refractivity contribution < 1.29 is 9.13 Å². The Balaban J connectivity index is 2.47. The fraction of sp³-hybridized carbons (Fsp3) is 0.333. The van der Waals surface area contributed by atoms with Gasteiger partial charge in [0.2, 0.25) is 0 Å². The molecule has 0 amide bonds. The molecule has 0 unspecified atom stereocenters. The standard InChI is InChI=1S/C9H9BrFNO/c10-7-4-6(11)5-8-9(7)13-3-1-2-12-8/h4-5,12H,1-3H2. The molecule has 4 heteroatoms. The second kappa shape index (κ2) is 3.54. The molecule has 0 saturated heterocycles. The Bertz CT molecular complexity index is 330. The van der Waals surface area contributed by atoms with Crippen LogP contribution in [0.25, 0.3) is 0 Å². The highest BCUT2D eigenvalue weighted by molar-refractivity contribution is 9.10. The minimum Gasteiger partial charge on any atom is -0.490 e. The van der Waals surface area contributed by atoms with Crippen molar-refractivity contribution in [1.82, 2.24) is 0 Å². The van der Waals surface area contributed by atoms with Crippen molar-refractivity contribution in [3.8, 4) is 5.75 Å². The molecule has 1 aromatic carbocycles. The minimum absolute atomic E-state index is 0.261. The smallest absolute Gasteiger partial charge is 0.156 e. The lowest BCUT2D eigenvalue weighted by Crippen LogP contribution is -2.00. The van der Waals surface area contributed by atoms with E-state index in [1.165, 1.54) is 12.1 Å². The number of hydrogen-bond donors (Lipinski definition) is 1. The Kier molecular flexibility index (Phi) is 2.40. The van der Waals surface area contributed by atoms with E-state index in [1.54, 1.807) is 0 Å². The van der Waals surface area contributed by atoms with Crippen molar-refractivity contribution >= 4 is 21.6 Å². The molecule has 2 nitrogen and oxygen atoms in total. The summed E-state index contributed by atoms with van der Waals surface area (Å²) < 4.78 is 19.1. The minimum atomic E-state index is -0.261. The molecule has 0 aromatic heterocycles. The summed E-state index contributed by atoms with van der Waals surface area (Å²) in [5.74, 6) is 0.447. The molecule has 0 aliphatic carbocycles. The van der Waals surface area contributed by atoms with Crippen LogP contribution in [0, 0.1) is 5.82 Å². The van der Waals surface area contributed by atoms with Gasteiger partial charge in [-0.05, 0) is 28.4 Å². The summed E-state index contributed by atoms with van der Waals surface area (Å²) >= 11 is 3.26. The first-order valence-corrected chi connectivity index (χ1v) is 4.92. The number of halogens is 2. The molecule has 1 aromatic rings. The van der Waals surface area contributed by atoms with E-state index in [2.05, 4.69) is 21.2 Å². The molecule has 1 heterocycles. The van der Waals surface area contributed by atoms with E-state index in [-0.39, 0.29) is 5.82 Å². The lowest BCUT2D eigenvalue weighted by Gasteiger charge is -2.09. The molecule has 0 radical (unpaired) electrons. The Labute approximate surface area is 84.2 Å². The topological polar surface area (TPSA) is 21.3 Å². The maximum absolute atomic E-state index is 13.0. The van der Waals surface area contributed by atoms with E-state index in [9.17, 15) is 4.39 Å². The molecule has 1 aliphatic heterocycles. The van der Waals surface area contributed by atoms with Gasteiger partial charge in [-0.15, -0.1) is 0 Å². The van der Waals surface area contributed by atoms with Gasteiger partial charge in [0.25, 0.3) is 0 Å². The Hall–Kier alpha value is -0.770. The lowest BCUT2D eigenvalue weighted by atomic mass is 10.3. The first kappa shape index (κ1) is 8.81. The van der Waals surface area contributed by atoms with Crippen LogP contribution >= 0.6 is 15.9 Å². The molecule has 0 fully saturated rings. The van der Waals surface area contributed by atoms with Crippen LogP contribution in [0.15, 0.2) is 16.6 Å².